The average molecular weight is 400 g/mol. The molecule has 2 aromatic carbocycles. The zero-order valence-electron chi connectivity index (χ0n) is 14.7. The Morgan fingerprint density at radius 3 is 2.67 bits per heavy atom. The summed E-state index contributed by atoms with van der Waals surface area (Å²) in [5.41, 5.74) is 2.65. The highest BCUT2D eigenvalue weighted by atomic mass is 35.5. The molecule has 2 amide bonds. The Balaban J connectivity index is 1.65. The lowest BCUT2D eigenvalue weighted by atomic mass is 10.1. The Morgan fingerprint density at radius 2 is 1.89 bits per heavy atom. The quantitative estimate of drug-likeness (QED) is 0.654. The minimum Gasteiger partial charge on any atom is -0.352 e. The third kappa shape index (κ3) is 4.93. The van der Waals surface area contributed by atoms with Gasteiger partial charge in [-0.1, -0.05) is 35.9 Å². The molecule has 0 unspecified atom stereocenters. The van der Waals surface area contributed by atoms with Gasteiger partial charge >= 0.3 is 0 Å². The maximum atomic E-state index is 12.4. The first-order valence-corrected chi connectivity index (χ1v) is 9.69. The SMILES string of the molecule is CCNC(=O)c1cccc(CNC(=O)c2csc(-c3cccc(Cl)c3)n2)c1. The predicted octanol–water partition coefficient (Wildman–Crippen LogP) is 4.14. The van der Waals surface area contributed by atoms with E-state index in [1.807, 2.05) is 31.2 Å². The molecule has 27 heavy (non-hydrogen) atoms. The third-order valence-corrected chi connectivity index (χ3v) is 4.91. The highest BCUT2D eigenvalue weighted by Gasteiger charge is 2.12. The second-order valence-electron chi connectivity index (χ2n) is 5.79. The van der Waals surface area contributed by atoms with E-state index in [-0.39, 0.29) is 11.8 Å². The second kappa shape index (κ2) is 8.79. The topological polar surface area (TPSA) is 71.1 Å². The van der Waals surface area contributed by atoms with Crippen LogP contribution < -0.4 is 10.6 Å². The number of nitrogens with zero attached hydrogens (tertiary/aromatic N) is 1. The molecule has 0 bridgehead atoms. The fourth-order valence-electron chi connectivity index (χ4n) is 2.49. The molecule has 0 fully saturated rings. The normalized spacial score (nSPS) is 10.4. The summed E-state index contributed by atoms with van der Waals surface area (Å²) < 4.78 is 0. The number of benzene rings is 2. The molecule has 0 saturated heterocycles. The van der Waals surface area contributed by atoms with Gasteiger partial charge in [-0.3, -0.25) is 9.59 Å². The van der Waals surface area contributed by atoms with Gasteiger partial charge < -0.3 is 10.6 Å². The minimum atomic E-state index is -0.261. The van der Waals surface area contributed by atoms with Crippen molar-refractivity contribution in [1.82, 2.24) is 15.6 Å². The number of hydrogen-bond donors (Lipinski definition) is 2. The van der Waals surface area contributed by atoms with E-state index >= 15 is 0 Å². The van der Waals surface area contributed by atoms with Crippen molar-refractivity contribution < 1.29 is 9.59 Å². The molecule has 1 aromatic heterocycles. The Kier molecular flexibility index (Phi) is 6.21. The maximum Gasteiger partial charge on any atom is 0.271 e. The summed E-state index contributed by atoms with van der Waals surface area (Å²) in [6, 6.07) is 14.5. The van der Waals surface area contributed by atoms with Crippen LogP contribution in [0.4, 0.5) is 0 Å². The lowest BCUT2D eigenvalue weighted by Crippen LogP contribution is -2.24. The van der Waals surface area contributed by atoms with Crippen molar-refractivity contribution in [3.05, 3.63) is 75.8 Å². The zero-order valence-corrected chi connectivity index (χ0v) is 16.2. The molecule has 7 heteroatoms. The van der Waals surface area contributed by atoms with Crippen molar-refractivity contribution in [2.75, 3.05) is 6.54 Å². The fraction of sp³-hybridized carbons (Fsp3) is 0.150. The van der Waals surface area contributed by atoms with Crippen molar-refractivity contribution in [3.63, 3.8) is 0 Å². The van der Waals surface area contributed by atoms with Gasteiger partial charge in [-0.15, -0.1) is 11.3 Å². The molecule has 2 N–H and O–H groups in total. The Bertz CT molecular complexity index is 971. The van der Waals surface area contributed by atoms with Gasteiger partial charge in [-0.25, -0.2) is 4.98 Å². The highest BCUT2D eigenvalue weighted by Crippen LogP contribution is 2.26. The van der Waals surface area contributed by atoms with Crippen LogP contribution in [0, 0.1) is 0 Å². The number of halogens is 1. The van der Waals surface area contributed by atoms with Crippen molar-refractivity contribution >= 4 is 34.8 Å². The summed E-state index contributed by atoms with van der Waals surface area (Å²) in [4.78, 5) is 28.7. The summed E-state index contributed by atoms with van der Waals surface area (Å²) in [6.45, 7) is 2.75. The molecule has 0 aliphatic rings. The van der Waals surface area contributed by atoms with Gasteiger partial charge in [0.05, 0.1) is 0 Å². The number of amides is 2. The summed E-state index contributed by atoms with van der Waals surface area (Å²) in [5, 5.41) is 8.68. The summed E-state index contributed by atoms with van der Waals surface area (Å²) in [7, 11) is 0. The third-order valence-electron chi connectivity index (χ3n) is 3.79. The number of aromatic nitrogens is 1. The number of rotatable bonds is 6. The van der Waals surface area contributed by atoms with E-state index in [4.69, 9.17) is 11.6 Å². The van der Waals surface area contributed by atoms with Crippen molar-refractivity contribution in [2.45, 2.75) is 13.5 Å². The van der Waals surface area contributed by atoms with Crippen LogP contribution in [-0.4, -0.2) is 23.3 Å². The van der Waals surface area contributed by atoms with Crippen LogP contribution in [-0.2, 0) is 6.54 Å². The minimum absolute atomic E-state index is 0.128. The van der Waals surface area contributed by atoms with Crippen LogP contribution in [0.5, 0.6) is 0 Å². The largest absolute Gasteiger partial charge is 0.352 e. The van der Waals surface area contributed by atoms with Crippen LogP contribution in [0.15, 0.2) is 53.9 Å². The molecule has 3 rings (SSSR count). The molecule has 0 radical (unpaired) electrons. The average Bonchev–Trinajstić information content (AvgIpc) is 3.17. The van der Waals surface area contributed by atoms with Gasteiger partial charge in [0.2, 0.25) is 0 Å². The lowest BCUT2D eigenvalue weighted by Gasteiger charge is -2.06. The van der Waals surface area contributed by atoms with Gasteiger partial charge in [0, 0.05) is 34.6 Å². The van der Waals surface area contributed by atoms with E-state index in [9.17, 15) is 9.59 Å². The van der Waals surface area contributed by atoms with E-state index in [1.165, 1.54) is 11.3 Å². The molecule has 0 aliphatic heterocycles. The summed E-state index contributed by atoms with van der Waals surface area (Å²) in [5.74, 6) is -0.390. The summed E-state index contributed by atoms with van der Waals surface area (Å²) >= 11 is 7.40. The van der Waals surface area contributed by atoms with Gasteiger partial charge in [0.1, 0.15) is 10.7 Å². The van der Waals surface area contributed by atoms with E-state index in [2.05, 4.69) is 15.6 Å². The number of hydrogen-bond acceptors (Lipinski definition) is 4. The van der Waals surface area contributed by atoms with Gasteiger partial charge in [-0.2, -0.15) is 0 Å². The van der Waals surface area contributed by atoms with E-state index in [1.54, 1.807) is 29.6 Å². The van der Waals surface area contributed by atoms with E-state index in [0.29, 0.717) is 29.4 Å². The lowest BCUT2D eigenvalue weighted by molar-refractivity contribution is 0.0944. The molecule has 3 aromatic rings. The molecule has 0 aliphatic carbocycles. The van der Waals surface area contributed by atoms with Crippen LogP contribution in [0.25, 0.3) is 10.6 Å². The number of nitrogens with one attached hydrogen (secondary N) is 2. The van der Waals surface area contributed by atoms with Gasteiger partial charge in [0.25, 0.3) is 11.8 Å². The number of carbonyl (C=O) groups is 2. The van der Waals surface area contributed by atoms with Gasteiger partial charge in [-0.05, 0) is 36.8 Å². The van der Waals surface area contributed by atoms with Crippen LogP contribution >= 0.6 is 22.9 Å². The molecule has 0 spiro atoms. The Hall–Kier alpha value is -2.70. The summed E-state index contributed by atoms with van der Waals surface area (Å²) in [6.07, 6.45) is 0. The Morgan fingerprint density at radius 1 is 1.07 bits per heavy atom. The van der Waals surface area contributed by atoms with Crippen LogP contribution in [0.3, 0.4) is 0 Å². The molecular weight excluding hydrogens is 382 g/mol. The van der Waals surface area contributed by atoms with Crippen LogP contribution in [0.1, 0.15) is 33.3 Å². The standard InChI is InChI=1S/C20H18ClN3O2S/c1-2-22-18(25)14-6-3-5-13(9-14)11-23-19(26)17-12-27-20(24-17)15-7-4-8-16(21)10-15/h3-10,12H,2,11H2,1H3,(H,22,25)(H,23,26). The van der Waals surface area contributed by atoms with Crippen molar-refractivity contribution in [1.29, 1.82) is 0 Å². The van der Waals surface area contributed by atoms with Crippen molar-refractivity contribution in [3.8, 4) is 10.6 Å². The zero-order chi connectivity index (χ0) is 19.2. The Labute approximate surface area is 166 Å². The molecule has 138 valence electrons. The fourth-order valence-corrected chi connectivity index (χ4v) is 3.48. The molecule has 0 atom stereocenters. The second-order valence-corrected chi connectivity index (χ2v) is 7.09. The monoisotopic (exact) mass is 399 g/mol. The first kappa shape index (κ1) is 19.1. The van der Waals surface area contributed by atoms with E-state index < -0.39 is 0 Å². The molecule has 1 heterocycles. The number of thiazole rings is 1. The first-order valence-electron chi connectivity index (χ1n) is 8.43. The first-order chi connectivity index (χ1) is 13.1. The van der Waals surface area contributed by atoms with Crippen molar-refractivity contribution in [2.24, 2.45) is 0 Å². The predicted molar refractivity (Wildman–Crippen MR) is 108 cm³/mol. The van der Waals surface area contributed by atoms with E-state index in [0.717, 1.165) is 16.1 Å². The molecule has 0 saturated carbocycles. The molecular formula is C20H18ClN3O2S. The number of carbonyl (C=O) groups excluding carboxylic acids is 2. The smallest absolute Gasteiger partial charge is 0.271 e. The molecule has 5 nitrogen and oxygen atoms in total. The highest BCUT2D eigenvalue weighted by molar-refractivity contribution is 7.13. The van der Waals surface area contributed by atoms with Crippen LogP contribution in [0.2, 0.25) is 5.02 Å². The maximum absolute atomic E-state index is 12.4. The van der Waals surface area contributed by atoms with Gasteiger partial charge in [0.15, 0.2) is 0 Å².